The van der Waals surface area contributed by atoms with Gasteiger partial charge in [-0.25, -0.2) is 9.97 Å². The Balaban J connectivity index is 1.78. The van der Waals surface area contributed by atoms with E-state index in [2.05, 4.69) is 26.7 Å². The maximum atomic E-state index is 12.1. The summed E-state index contributed by atoms with van der Waals surface area (Å²) in [5, 5.41) is 6.70. The van der Waals surface area contributed by atoms with Crippen molar-refractivity contribution in [1.29, 1.82) is 0 Å². The van der Waals surface area contributed by atoms with E-state index in [9.17, 15) is 4.79 Å². The zero-order valence-corrected chi connectivity index (χ0v) is 15.2. The number of anilines is 3. The number of benzene rings is 2. The molecule has 0 aliphatic carbocycles. The van der Waals surface area contributed by atoms with Crippen LogP contribution in [0.3, 0.4) is 0 Å². The molecule has 0 saturated carbocycles. The summed E-state index contributed by atoms with van der Waals surface area (Å²) in [6.07, 6.45) is 1.93. The number of aryl methyl sites for hydroxylation is 2. The zero-order chi connectivity index (χ0) is 18.3. The number of halogens is 1. The lowest BCUT2D eigenvalue weighted by Gasteiger charge is -2.11. The number of hydrogen-bond donors (Lipinski definition) is 2. The van der Waals surface area contributed by atoms with Crippen molar-refractivity contribution in [3.8, 4) is 11.3 Å². The molecule has 1 aliphatic heterocycles. The molecule has 3 aromatic rings. The molecule has 2 N–H and O–H groups in total. The van der Waals surface area contributed by atoms with E-state index in [0.717, 1.165) is 33.6 Å². The van der Waals surface area contributed by atoms with Gasteiger partial charge in [0.05, 0.1) is 17.8 Å². The minimum absolute atomic E-state index is 0.106. The van der Waals surface area contributed by atoms with Gasteiger partial charge in [-0.1, -0.05) is 17.7 Å². The lowest BCUT2D eigenvalue weighted by Crippen LogP contribution is -2.12. The summed E-state index contributed by atoms with van der Waals surface area (Å²) in [5.41, 5.74) is 6.28. The Bertz CT molecular complexity index is 1010. The second-order valence-electron chi connectivity index (χ2n) is 6.48. The quantitative estimate of drug-likeness (QED) is 0.694. The lowest BCUT2D eigenvalue weighted by atomic mass is 10.1. The Morgan fingerprint density at radius 2 is 1.88 bits per heavy atom. The highest BCUT2D eigenvalue weighted by Gasteiger charge is 2.21. The average molecular weight is 365 g/mol. The Hall–Kier alpha value is -2.92. The number of aromatic nitrogens is 2. The van der Waals surface area contributed by atoms with Crippen LogP contribution in [0.15, 0.2) is 42.6 Å². The van der Waals surface area contributed by atoms with Gasteiger partial charge in [0.15, 0.2) is 0 Å². The van der Waals surface area contributed by atoms with Gasteiger partial charge in [-0.2, -0.15) is 0 Å². The molecule has 2 heterocycles. The van der Waals surface area contributed by atoms with Crippen molar-refractivity contribution >= 4 is 34.8 Å². The number of rotatable bonds is 2. The molecular formula is C20H17ClN4O. The van der Waals surface area contributed by atoms with Gasteiger partial charge >= 0.3 is 0 Å². The largest absolute Gasteiger partial charge is 0.325 e. The first-order valence-electron chi connectivity index (χ1n) is 8.29. The van der Waals surface area contributed by atoms with E-state index in [1.54, 1.807) is 18.3 Å². The number of fused-ring (bicyclic) bond motifs is 3. The molecule has 5 nitrogen and oxygen atoms in total. The molecule has 1 aliphatic rings. The van der Waals surface area contributed by atoms with Crippen LogP contribution in [0.4, 0.5) is 17.3 Å². The Morgan fingerprint density at radius 1 is 1.12 bits per heavy atom. The highest BCUT2D eigenvalue weighted by atomic mass is 35.5. The molecule has 0 saturated heterocycles. The summed E-state index contributed by atoms with van der Waals surface area (Å²) < 4.78 is 0. The van der Waals surface area contributed by atoms with Crippen molar-refractivity contribution in [1.82, 2.24) is 9.97 Å². The van der Waals surface area contributed by atoms with E-state index >= 15 is 0 Å². The summed E-state index contributed by atoms with van der Waals surface area (Å²) in [7, 11) is 0. The first-order valence-corrected chi connectivity index (χ1v) is 8.67. The van der Waals surface area contributed by atoms with Crippen LogP contribution in [-0.4, -0.2) is 15.9 Å². The zero-order valence-electron chi connectivity index (χ0n) is 14.4. The van der Waals surface area contributed by atoms with Crippen LogP contribution < -0.4 is 10.6 Å². The van der Waals surface area contributed by atoms with Crippen LogP contribution in [0.2, 0.25) is 5.02 Å². The van der Waals surface area contributed by atoms with Crippen LogP contribution in [0.5, 0.6) is 0 Å². The van der Waals surface area contributed by atoms with Gasteiger partial charge in [-0.05, 0) is 55.3 Å². The molecule has 0 radical (unpaired) electrons. The Labute approximate surface area is 156 Å². The normalized spacial score (nSPS) is 12.7. The van der Waals surface area contributed by atoms with Gasteiger partial charge in [0.1, 0.15) is 0 Å². The van der Waals surface area contributed by atoms with Gasteiger partial charge in [0.25, 0.3) is 0 Å². The van der Waals surface area contributed by atoms with Crippen LogP contribution in [0.1, 0.15) is 16.7 Å². The summed E-state index contributed by atoms with van der Waals surface area (Å²) in [4.78, 5) is 21.2. The standard InChI is InChI=1S/C20H17ClN4O/c1-11-5-12(2)7-15(6-11)23-20-22-10-13-8-18(26)24-17-9-14(21)3-4-16(17)19(13)25-20/h3-7,9-10H,8H2,1-2H3,(H,24,26)(H,22,23,25). The van der Waals surface area contributed by atoms with Crippen molar-refractivity contribution in [3.63, 3.8) is 0 Å². The van der Waals surface area contributed by atoms with Crippen molar-refractivity contribution in [2.75, 3.05) is 10.6 Å². The van der Waals surface area contributed by atoms with Crippen LogP contribution >= 0.6 is 11.6 Å². The Kier molecular flexibility index (Phi) is 4.09. The van der Waals surface area contributed by atoms with E-state index in [4.69, 9.17) is 11.6 Å². The number of nitrogens with one attached hydrogen (secondary N) is 2. The van der Waals surface area contributed by atoms with Crippen LogP contribution in [0.25, 0.3) is 11.3 Å². The molecule has 130 valence electrons. The first kappa shape index (κ1) is 16.5. The summed E-state index contributed by atoms with van der Waals surface area (Å²) in [5.74, 6) is 0.384. The minimum atomic E-state index is -0.106. The van der Waals surface area contributed by atoms with Gasteiger partial charge in [-0.15, -0.1) is 0 Å². The molecule has 4 rings (SSSR count). The highest BCUT2D eigenvalue weighted by molar-refractivity contribution is 6.31. The van der Waals surface area contributed by atoms with E-state index < -0.39 is 0 Å². The van der Waals surface area contributed by atoms with E-state index in [1.165, 1.54) is 0 Å². The van der Waals surface area contributed by atoms with E-state index in [0.29, 0.717) is 16.7 Å². The molecular weight excluding hydrogens is 348 g/mol. The number of nitrogens with zero attached hydrogens (tertiary/aromatic N) is 2. The van der Waals surface area contributed by atoms with Crippen molar-refractivity contribution in [3.05, 3.63) is 64.3 Å². The predicted octanol–water partition coefficient (Wildman–Crippen LogP) is 4.65. The van der Waals surface area contributed by atoms with Gasteiger partial charge < -0.3 is 10.6 Å². The van der Waals surface area contributed by atoms with Crippen molar-refractivity contribution in [2.45, 2.75) is 20.3 Å². The van der Waals surface area contributed by atoms with Crippen LogP contribution in [0, 0.1) is 13.8 Å². The third kappa shape index (κ3) is 3.26. The van der Waals surface area contributed by atoms with Gasteiger partial charge in [0.2, 0.25) is 11.9 Å². The summed E-state index contributed by atoms with van der Waals surface area (Å²) in [6.45, 7) is 4.10. The molecule has 0 unspecified atom stereocenters. The van der Waals surface area contributed by atoms with E-state index in [1.807, 2.05) is 32.0 Å². The maximum Gasteiger partial charge on any atom is 0.228 e. The topological polar surface area (TPSA) is 66.9 Å². The number of carbonyl (C=O) groups is 1. The summed E-state index contributed by atoms with van der Waals surface area (Å²) in [6, 6.07) is 11.6. The molecule has 0 atom stereocenters. The molecule has 0 bridgehead atoms. The monoisotopic (exact) mass is 364 g/mol. The van der Waals surface area contributed by atoms with Crippen molar-refractivity contribution in [2.24, 2.45) is 0 Å². The third-order valence-electron chi connectivity index (χ3n) is 4.20. The molecule has 2 aromatic carbocycles. The average Bonchev–Trinajstić information content (AvgIpc) is 2.68. The highest BCUT2D eigenvalue weighted by Crippen LogP contribution is 2.34. The smallest absolute Gasteiger partial charge is 0.228 e. The molecule has 0 spiro atoms. The second-order valence-corrected chi connectivity index (χ2v) is 6.92. The third-order valence-corrected chi connectivity index (χ3v) is 4.44. The second kappa shape index (κ2) is 6.42. The molecule has 26 heavy (non-hydrogen) atoms. The molecule has 0 fully saturated rings. The van der Waals surface area contributed by atoms with Crippen LogP contribution in [-0.2, 0) is 11.2 Å². The molecule has 1 amide bonds. The summed E-state index contributed by atoms with van der Waals surface area (Å²) >= 11 is 6.08. The minimum Gasteiger partial charge on any atom is -0.325 e. The predicted molar refractivity (Wildman–Crippen MR) is 104 cm³/mol. The fraction of sp³-hybridized carbons (Fsp3) is 0.150. The fourth-order valence-electron chi connectivity index (χ4n) is 3.20. The SMILES string of the molecule is Cc1cc(C)cc(Nc2ncc3c(n2)-c2ccc(Cl)cc2NC(=O)C3)c1. The fourth-order valence-corrected chi connectivity index (χ4v) is 3.37. The molecule has 1 aromatic heterocycles. The molecule has 6 heteroatoms. The maximum absolute atomic E-state index is 12.1. The first-order chi connectivity index (χ1) is 12.5. The van der Waals surface area contributed by atoms with E-state index in [-0.39, 0.29) is 12.3 Å². The van der Waals surface area contributed by atoms with Gasteiger partial charge in [0, 0.05) is 28.0 Å². The van der Waals surface area contributed by atoms with Gasteiger partial charge in [-0.3, -0.25) is 4.79 Å². The lowest BCUT2D eigenvalue weighted by molar-refractivity contribution is -0.115. The Morgan fingerprint density at radius 3 is 2.65 bits per heavy atom. The number of hydrogen-bond acceptors (Lipinski definition) is 4. The number of carbonyl (C=O) groups excluding carboxylic acids is 1. The number of amides is 1. The van der Waals surface area contributed by atoms with Crippen molar-refractivity contribution < 1.29 is 4.79 Å².